The number of amides is 1. The van der Waals surface area contributed by atoms with Crippen LogP contribution in [0.3, 0.4) is 0 Å². The SMILES string of the molecule is CC(C)(CC(=O)NCc1cccc(OCC(=O)O)c1)C(F)(F)F. The molecule has 1 aromatic rings. The van der Waals surface area contributed by atoms with E-state index in [4.69, 9.17) is 9.84 Å². The highest BCUT2D eigenvalue weighted by molar-refractivity contribution is 5.76. The lowest BCUT2D eigenvalue weighted by Crippen LogP contribution is -2.37. The first-order valence-electron chi connectivity index (χ1n) is 6.78. The average Bonchev–Trinajstić information content (AvgIpc) is 2.42. The van der Waals surface area contributed by atoms with Crippen molar-refractivity contribution in [1.82, 2.24) is 5.32 Å². The van der Waals surface area contributed by atoms with Gasteiger partial charge >= 0.3 is 12.1 Å². The number of aliphatic carboxylic acids is 1. The summed E-state index contributed by atoms with van der Waals surface area (Å²) < 4.78 is 43.1. The molecular weight excluding hydrogens is 315 g/mol. The van der Waals surface area contributed by atoms with Gasteiger partial charge in [0.15, 0.2) is 6.61 Å². The third-order valence-electron chi connectivity index (χ3n) is 3.12. The van der Waals surface area contributed by atoms with Crippen molar-refractivity contribution in [2.45, 2.75) is 33.0 Å². The quantitative estimate of drug-likeness (QED) is 0.804. The Labute approximate surface area is 131 Å². The number of rotatable bonds is 7. The Morgan fingerprint density at radius 1 is 1.26 bits per heavy atom. The summed E-state index contributed by atoms with van der Waals surface area (Å²) in [5.74, 6) is -1.54. The summed E-state index contributed by atoms with van der Waals surface area (Å²) in [7, 11) is 0. The minimum Gasteiger partial charge on any atom is -0.482 e. The maximum absolute atomic E-state index is 12.7. The number of carboxylic acids is 1. The van der Waals surface area contributed by atoms with E-state index in [1.54, 1.807) is 18.2 Å². The van der Waals surface area contributed by atoms with Crippen LogP contribution in [-0.4, -0.2) is 29.8 Å². The molecule has 0 unspecified atom stereocenters. The fourth-order valence-corrected chi connectivity index (χ4v) is 1.66. The Hall–Kier alpha value is -2.25. The van der Waals surface area contributed by atoms with Crippen LogP contribution >= 0.6 is 0 Å². The molecule has 0 aromatic heterocycles. The molecule has 0 aliphatic rings. The monoisotopic (exact) mass is 333 g/mol. The first-order chi connectivity index (χ1) is 10.5. The van der Waals surface area contributed by atoms with E-state index in [2.05, 4.69) is 5.32 Å². The van der Waals surface area contributed by atoms with Crippen molar-refractivity contribution < 1.29 is 32.6 Å². The lowest BCUT2D eigenvalue weighted by atomic mass is 9.88. The first-order valence-corrected chi connectivity index (χ1v) is 6.78. The fourth-order valence-electron chi connectivity index (χ4n) is 1.66. The van der Waals surface area contributed by atoms with Gasteiger partial charge in [-0.05, 0) is 17.7 Å². The number of hydrogen-bond acceptors (Lipinski definition) is 3. The number of carboxylic acid groups (broad SMARTS) is 1. The van der Waals surface area contributed by atoms with Gasteiger partial charge in [0, 0.05) is 13.0 Å². The normalized spacial score (nSPS) is 11.9. The number of alkyl halides is 3. The van der Waals surface area contributed by atoms with Crippen molar-refractivity contribution >= 4 is 11.9 Å². The van der Waals surface area contributed by atoms with Gasteiger partial charge in [-0.2, -0.15) is 13.2 Å². The molecule has 0 saturated heterocycles. The molecule has 23 heavy (non-hydrogen) atoms. The predicted octanol–water partition coefficient (Wildman–Crippen LogP) is 2.74. The van der Waals surface area contributed by atoms with Gasteiger partial charge in [-0.3, -0.25) is 4.79 Å². The van der Waals surface area contributed by atoms with Crippen LogP contribution in [0.5, 0.6) is 5.75 Å². The summed E-state index contributed by atoms with van der Waals surface area (Å²) in [4.78, 5) is 22.1. The van der Waals surface area contributed by atoms with Crippen molar-refractivity contribution in [2.24, 2.45) is 5.41 Å². The lowest BCUT2D eigenvalue weighted by Gasteiger charge is -2.26. The van der Waals surface area contributed by atoms with Crippen LogP contribution in [0.25, 0.3) is 0 Å². The number of carbonyl (C=O) groups is 2. The molecule has 0 spiro atoms. The summed E-state index contributed by atoms with van der Waals surface area (Å²) in [5, 5.41) is 10.9. The predicted molar refractivity (Wildman–Crippen MR) is 75.9 cm³/mol. The summed E-state index contributed by atoms with van der Waals surface area (Å²) in [6.45, 7) is 1.45. The van der Waals surface area contributed by atoms with E-state index in [0.29, 0.717) is 11.3 Å². The second kappa shape index (κ2) is 7.34. The highest BCUT2D eigenvalue weighted by Gasteiger charge is 2.48. The van der Waals surface area contributed by atoms with Gasteiger partial charge in [-0.25, -0.2) is 4.79 Å². The van der Waals surface area contributed by atoms with Crippen molar-refractivity contribution in [1.29, 1.82) is 0 Å². The zero-order chi connectivity index (χ0) is 17.7. The molecule has 0 saturated carbocycles. The molecular formula is C15H18F3NO4. The molecule has 0 atom stereocenters. The van der Waals surface area contributed by atoms with Crippen molar-refractivity contribution in [2.75, 3.05) is 6.61 Å². The Morgan fingerprint density at radius 2 is 1.91 bits per heavy atom. The second-order valence-corrected chi connectivity index (χ2v) is 5.66. The van der Waals surface area contributed by atoms with Gasteiger partial charge in [0.1, 0.15) is 5.75 Å². The Morgan fingerprint density at radius 3 is 2.48 bits per heavy atom. The molecule has 0 fully saturated rings. The van der Waals surface area contributed by atoms with Gasteiger partial charge in [-0.15, -0.1) is 0 Å². The topological polar surface area (TPSA) is 75.6 Å². The van der Waals surface area contributed by atoms with Crippen LogP contribution in [-0.2, 0) is 16.1 Å². The summed E-state index contributed by atoms with van der Waals surface area (Å²) in [6, 6.07) is 6.29. The maximum Gasteiger partial charge on any atom is 0.394 e. The summed E-state index contributed by atoms with van der Waals surface area (Å²) >= 11 is 0. The molecule has 1 rings (SSSR count). The van der Waals surface area contributed by atoms with E-state index in [0.717, 1.165) is 13.8 Å². The van der Waals surface area contributed by atoms with Crippen LogP contribution in [0, 0.1) is 5.41 Å². The number of halogens is 3. The third-order valence-corrected chi connectivity index (χ3v) is 3.12. The Bertz CT molecular complexity index is 570. The van der Waals surface area contributed by atoms with E-state index >= 15 is 0 Å². The van der Waals surface area contributed by atoms with Crippen LogP contribution < -0.4 is 10.1 Å². The molecule has 5 nitrogen and oxygen atoms in total. The number of ether oxygens (including phenoxy) is 1. The van der Waals surface area contributed by atoms with Gasteiger partial charge in [0.25, 0.3) is 0 Å². The molecule has 1 amide bonds. The summed E-state index contributed by atoms with van der Waals surface area (Å²) in [6.07, 6.45) is -5.14. The zero-order valence-corrected chi connectivity index (χ0v) is 12.7. The van der Waals surface area contributed by atoms with Gasteiger partial charge in [0.05, 0.1) is 5.41 Å². The lowest BCUT2D eigenvalue weighted by molar-refractivity contribution is -0.213. The maximum atomic E-state index is 12.7. The van der Waals surface area contributed by atoms with E-state index in [1.165, 1.54) is 6.07 Å². The zero-order valence-electron chi connectivity index (χ0n) is 12.7. The molecule has 1 aromatic carbocycles. The van der Waals surface area contributed by atoms with Crippen molar-refractivity contribution in [3.05, 3.63) is 29.8 Å². The number of carbonyl (C=O) groups excluding carboxylic acids is 1. The average molecular weight is 333 g/mol. The second-order valence-electron chi connectivity index (χ2n) is 5.66. The van der Waals surface area contributed by atoms with Crippen molar-refractivity contribution in [3.63, 3.8) is 0 Å². The molecule has 8 heteroatoms. The molecule has 0 bridgehead atoms. The first kappa shape index (κ1) is 18.8. The molecule has 0 aliphatic carbocycles. The Balaban J connectivity index is 2.56. The van der Waals surface area contributed by atoms with Gasteiger partial charge in [0.2, 0.25) is 5.91 Å². The van der Waals surface area contributed by atoms with Crippen LogP contribution in [0.15, 0.2) is 24.3 Å². The molecule has 2 N–H and O–H groups in total. The molecule has 0 radical (unpaired) electrons. The molecule has 128 valence electrons. The van der Waals surface area contributed by atoms with E-state index in [-0.39, 0.29) is 6.54 Å². The van der Waals surface area contributed by atoms with Crippen LogP contribution in [0.2, 0.25) is 0 Å². The highest BCUT2D eigenvalue weighted by atomic mass is 19.4. The smallest absolute Gasteiger partial charge is 0.394 e. The molecule has 0 aliphatic heterocycles. The standard InChI is InChI=1S/C15H18F3NO4/c1-14(2,15(16,17)18)7-12(20)19-8-10-4-3-5-11(6-10)23-9-13(21)22/h3-6H,7-9H2,1-2H3,(H,19,20)(H,21,22). The van der Waals surface area contributed by atoms with E-state index in [1.807, 2.05) is 0 Å². The largest absolute Gasteiger partial charge is 0.482 e. The highest BCUT2D eigenvalue weighted by Crippen LogP contribution is 2.40. The number of hydrogen-bond donors (Lipinski definition) is 2. The van der Waals surface area contributed by atoms with Crippen LogP contribution in [0.4, 0.5) is 13.2 Å². The number of benzene rings is 1. The van der Waals surface area contributed by atoms with E-state index in [9.17, 15) is 22.8 Å². The van der Waals surface area contributed by atoms with Crippen LogP contribution in [0.1, 0.15) is 25.8 Å². The minimum absolute atomic E-state index is 0.0248. The third kappa shape index (κ3) is 6.17. The Kier molecular flexibility index (Phi) is 6.00. The van der Waals surface area contributed by atoms with Crippen molar-refractivity contribution in [3.8, 4) is 5.75 Å². The molecule has 0 heterocycles. The van der Waals surface area contributed by atoms with Gasteiger partial charge < -0.3 is 15.2 Å². The fraction of sp³-hybridized carbons (Fsp3) is 0.467. The number of nitrogens with one attached hydrogen (secondary N) is 1. The minimum atomic E-state index is -4.46. The van der Waals surface area contributed by atoms with Gasteiger partial charge in [-0.1, -0.05) is 26.0 Å². The van der Waals surface area contributed by atoms with E-state index < -0.39 is 36.5 Å². The summed E-state index contributed by atoms with van der Waals surface area (Å²) in [5.41, 5.74) is -1.52.